The zero-order chi connectivity index (χ0) is 19.3. The molecule has 28 heavy (non-hydrogen) atoms. The van der Waals surface area contributed by atoms with Gasteiger partial charge >= 0.3 is 5.69 Å². The van der Waals surface area contributed by atoms with Crippen molar-refractivity contribution in [3.8, 4) is 0 Å². The average Bonchev–Trinajstić information content (AvgIpc) is 3.41. The second-order valence-corrected chi connectivity index (χ2v) is 7.30. The molecular formula is C21H21N5O2. The van der Waals surface area contributed by atoms with Crippen molar-refractivity contribution in [3.05, 3.63) is 64.8 Å². The maximum Gasteiger partial charge on any atom is 0.329 e. The average molecular weight is 375 g/mol. The number of likely N-dealkylation sites (tertiary alicyclic amines) is 1. The third-order valence-electron chi connectivity index (χ3n) is 5.64. The van der Waals surface area contributed by atoms with Crippen molar-refractivity contribution in [1.29, 1.82) is 0 Å². The highest BCUT2D eigenvalue weighted by Crippen LogP contribution is 2.31. The van der Waals surface area contributed by atoms with Crippen LogP contribution in [0.5, 0.6) is 0 Å². The monoisotopic (exact) mass is 375 g/mol. The first-order chi connectivity index (χ1) is 13.6. The molecule has 1 N–H and O–H groups in total. The minimum absolute atomic E-state index is 0.0386. The molecule has 1 unspecified atom stereocenters. The van der Waals surface area contributed by atoms with E-state index in [-0.39, 0.29) is 24.2 Å². The Morgan fingerprint density at radius 1 is 1.14 bits per heavy atom. The van der Waals surface area contributed by atoms with E-state index in [2.05, 4.69) is 9.97 Å². The number of carbonyl (C=O) groups is 1. The third-order valence-corrected chi connectivity index (χ3v) is 5.64. The number of aryl methyl sites for hydroxylation is 1. The predicted molar refractivity (Wildman–Crippen MR) is 107 cm³/mol. The molecule has 4 aromatic rings. The zero-order valence-corrected chi connectivity index (χ0v) is 15.6. The van der Waals surface area contributed by atoms with E-state index in [1.165, 1.54) is 0 Å². The minimum Gasteiger partial charge on any atom is -0.340 e. The topological polar surface area (TPSA) is 75.9 Å². The Labute approximate surface area is 161 Å². The van der Waals surface area contributed by atoms with Gasteiger partial charge in [-0.05, 0) is 37.1 Å². The van der Waals surface area contributed by atoms with Gasteiger partial charge in [-0.1, -0.05) is 24.3 Å². The van der Waals surface area contributed by atoms with Gasteiger partial charge in [0, 0.05) is 13.6 Å². The molecule has 2 aromatic carbocycles. The highest BCUT2D eigenvalue weighted by atomic mass is 16.2. The number of hydrogen-bond donors (Lipinski definition) is 1. The first-order valence-corrected chi connectivity index (χ1v) is 9.52. The van der Waals surface area contributed by atoms with Crippen molar-refractivity contribution < 1.29 is 4.79 Å². The van der Waals surface area contributed by atoms with E-state index >= 15 is 0 Å². The second-order valence-electron chi connectivity index (χ2n) is 7.30. The molecule has 7 heteroatoms. The van der Waals surface area contributed by atoms with Crippen LogP contribution in [-0.4, -0.2) is 36.5 Å². The Balaban J connectivity index is 1.47. The fraction of sp³-hybridized carbons (Fsp3) is 0.286. The Morgan fingerprint density at radius 3 is 2.71 bits per heavy atom. The van der Waals surface area contributed by atoms with E-state index < -0.39 is 0 Å². The number of aromatic nitrogens is 4. The van der Waals surface area contributed by atoms with Crippen LogP contribution in [0.3, 0.4) is 0 Å². The Hall–Kier alpha value is -3.35. The highest BCUT2D eigenvalue weighted by molar-refractivity contribution is 5.81. The smallest absolute Gasteiger partial charge is 0.329 e. The molecule has 1 fully saturated rings. The van der Waals surface area contributed by atoms with Crippen LogP contribution in [0.2, 0.25) is 0 Å². The Bertz CT molecular complexity index is 1220. The quantitative estimate of drug-likeness (QED) is 0.598. The first kappa shape index (κ1) is 16.8. The summed E-state index contributed by atoms with van der Waals surface area (Å²) in [6.45, 7) is 0.719. The number of carbonyl (C=O) groups excluding carboxylic acids is 1. The lowest BCUT2D eigenvalue weighted by atomic mass is 10.2. The van der Waals surface area contributed by atoms with Gasteiger partial charge in [0.15, 0.2) is 0 Å². The molecule has 1 atom stereocenters. The summed E-state index contributed by atoms with van der Waals surface area (Å²) in [5, 5.41) is 0. The Kier molecular flexibility index (Phi) is 3.82. The van der Waals surface area contributed by atoms with Gasteiger partial charge in [-0.15, -0.1) is 0 Å². The van der Waals surface area contributed by atoms with Crippen molar-refractivity contribution in [2.75, 3.05) is 6.54 Å². The molecule has 1 amide bonds. The molecule has 2 aromatic heterocycles. The predicted octanol–water partition coefficient (Wildman–Crippen LogP) is 2.58. The molecule has 0 radical (unpaired) electrons. The molecule has 0 saturated carbocycles. The molecule has 0 bridgehead atoms. The normalized spacial score (nSPS) is 17.0. The summed E-state index contributed by atoms with van der Waals surface area (Å²) in [6.07, 6.45) is 1.80. The standard InChI is InChI=1S/C21H21N5O2/c1-24-16-9-4-5-10-17(16)26(21(24)28)13-19(27)25-12-6-11-18(25)20-22-14-7-2-3-8-15(14)23-20/h2-5,7-10,18H,6,11-13H2,1H3,(H,22,23). The van der Waals surface area contributed by atoms with E-state index in [0.29, 0.717) is 6.54 Å². The van der Waals surface area contributed by atoms with E-state index in [0.717, 1.165) is 40.7 Å². The third kappa shape index (κ3) is 2.54. The molecule has 142 valence electrons. The number of hydrogen-bond acceptors (Lipinski definition) is 3. The van der Waals surface area contributed by atoms with Gasteiger partial charge in [-0.2, -0.15) is 0 Å². The lowest BCUT2D eigenvalue weighted by Gasteiger charge is -2.23. The first-order valence-electron chi connectivity index (χ1n) is 9.52. The van der Waals surface area contributed by atoms with Crippen LogP contribution in [0.15, 0.2) is 53.3 Å². The number of imidazole rings is 2. The number of para-hydroxylation sites is 4. The molecule has 3 heterocycles. The van der Waals surface area contributed by atoms with Crippen molar-refractivity contribution >= 4 is 28.0 Å². The van der Waals surface area contributed by atoms with Crippen LogP contribution in [-0.2, 0) is 18.4 Å². The van der Waals surface area contributed by atoms with Crippen LogP contribution >= 0.6 is 0 Å². The number of benzene rings is 2. The fourth-order valence-corrected chi connectivity index (χ4v) is 4.22. The molecule has 5 rings (SSSR count). The molecular weight excluding hydrogens is 354 g/mol. The summed E-state index contributed by atoms with van der Waals surface area (Å²) in [5.74, 6) is 0.763. The van der Waals surface area contributed by atoms with Gasteiger partial charge < -0.3 is 9.88 Å². The van der Waals surface area contributed by atoms with E-state index in [4.69, 9.17) is 0 Å². The maximum atomic E-state index is 13.1. The summed E-state index contributed by atoms with van der Waals surface area (Å²) < 4.78 is 3.15. The van der Waals surface area contributed by atoms with Crippen LogP contribution < -0.4 is 5.69 Å². The SMILES string of the molecule is Cn1c(=O)n(CC(=O)N2CCCC2c2nc3ccccc3[nH]2)c2ccccc21. The molecule has 0 spiro atoms. The molecule has 0 aliphatic carbocycles. The van der Waals surface area contributed by atoms with Gasteiger partial charge in [-0.25, -0.2) is 9.78 Å². The van der Waals surface area contributed by atoms with Crippen LogP contribution in [0.1, 0.15) is 24.7 Å². The number of nitrogens with zero attached hydrogens (tertiary/aromatic N) is 4. The summed E-state index contributed by atoms with van der Waals surface area (Å²) >= 11 is 0. The summed E-state index contributed by atoms with van der Waals surface area (Å²) in [7, 11) is 1.73. The van der Waals surface area contributed by atoms with Crippen molar-refractivity contribution in [2.24, 2.45) is 7.05 Å². The van der Waals surface area contributed by atoms with E-state index in [9.17, 15) is 9.59 Å². The van der Waals surface area contributed by atoms with Gasteiger partial charge in [0.2, 0.25) is 5.91 Å². The fourth-order valence-electron chi connectivity index (χ4n) is 4.22. The van der Waals surface area contributed by atoms with Crippen LogP contribution in [0.4, 0.5) is 0 Å². The summed E-state index contributed by atoms with van der Waals surface area (Å²) in [5.41, 5.74) is 3.32. The molecule has 1 aliphatic heterocycles. The highest BCUT2D eigenvalue weighted by Gasteiger charge is 2.32. The van der Waals surface area contributed by atoms with Gasteiger partial charge in [0.25, 0.3) is 0 Å². The number of aromatic amines is 1. The molecule has 1 saturated heterocycles. The van der Waals surface area contributed by atoms with Crippen molar-refractivity contribution in [1.82, 2.24) is 24.0 Å². The lowest BCUT2D eigenvalue weighted by Crippen LogP contribution is -2.36. The largest absolute Gasteiger partial charge is 0.340 e. The maximum absolute atomic E-state index is 13.1. The summed E-state index contributed by atoms with van der Waals surface area (Å²) in [4.78, 5) is 35.7. The number of rotatable bonds is 3. The van der Waals surface area contributed by atoms with Crippen LogP contribution in [0.25, 0.3) is 22.1 Å². The number of nitrogens with one attached hydrogen (secondary N) is 1. The van der Waals surface area contributed by atoms with E-state index in [1.54, 1.807) is 16.2 Å². The molecule has 1 aliphatic rings. The lowest BCUT2D eigenvalue weighted by molar-refractivity contribution is -0.132. The minimum atomic E-state index is -0.172. The van der Waals surface area contributed by atoms with Gasteiger partial charge in [-0.3, -0.25) is 13.9 Å². The molecule has 7 nitrogen and oxygen atoms in total. The number of amides is 1. The van der Waals surface area contributed by atoms with Crippen molar-refractivity contribution in [3.63, 3.8) is 0 Å². The number of fused-ring (bicyclic) bond motifs is 2. The summed E-state index contributed by atoms with van der Waals surface area (Å²) in [6, 6.07) is 15.4. The van der Waals surface area contributed by atoms with E-state index in [1.807, 2.05) is 53.4 Å². The second kappa shape index (κ2) is 6.37. The van der Waals surface area contributed by atoms with Crippen LogP contribution in [0, 0.1) is 0 Å². The zero-order valence-electron chi connectivity index (χ0n) is 15.6. The number of H-pyrrole nitrogens is 1. The van der Waals surface area contributed by atoms with Gasteiger partial charge in [0.05, 0.1) is 28.1 Å². The Morgan fingerprint density at radius 2 is 1.89 bits per heavy atom. The van der Waals surface area contributed by atoms with Crippen molar-refractivity contribution in [2.45, 2.75) is 25.4 Å². The van der Waals surface area contributed by atoms with Gasteiger partial charge in [0.1, 0.15) is 12.4 Å².